The Kier molecular flexibility index (Phi) is 11.8. The number of rotatable bonds is 14. The number of amides is 2. The van der Waals surface area contributed by atoms with Crippen molar-refractivity contribution in [3.05, 3.63) is 125 Å². The number of sulfonamides is 1. The van der Waals surface area contributed by atoms with Gasteiger partial charge in [0.25, 0.3) is 10.0 Å². The Bertz CT molecular complexity index is 1780. The van der Waals surface area contributed by atoms with Crippen LogP contribution in [0.1, 0.15) is 48.1 Å². The first kappa shape index (κ1) is 35.2. The molecule has 0 aromatic heterocycles. The third-order valence-electron chi connectivity index (χ3n) is 8.49. The average molecular weight is 656 g/mol. The van der Waals surface area contributed by atoms with Crippen LogP contribution in [0, 0.1) is 20.8 Å². The van der Waals surface area contributed by atoms with Crippen LogP contribution in [0.15, 0.2) is 102 Å². The SMILES string of the molecule is CCC(C)NC(=O)C(Cc1ccccc1)N(Cc1cccc(OC)c1)C(=O)CN(c1cccc(C)c1C)S(=O)(=O)c1ccc(C)cc1. The number of anilines is 1. The summed E-state index contributed by atoms with van der Waals surface area (Å²) in [5.41, 5.74) is 4.57. The molecule has 0 aliphatic carbocycles. The minimum Gasteiger partial charge on any atom is -0.497 e. The molecule has 4 rings (SSSR count). The quantitative estimate of drug-likeness (QED) is 0.170. The largest absolute Gasteiger partial charge is 0.497 e. The molecule has 0 aliphatic heterocycles. The predicted octanol–water partition coefficient (Wildman–Crippen LogP) is 6.37. The lowest BCUT2D eigenvalue weighted by atomic mass is 10.0. The molecular formula is C38H45N3O5S. The average Bonchev–Trinajstić information content (AvgIpc) is 3.07. The number of carbonyl (C=O) groups excluding carboxylic acids is 2. The maximum atomic E-state index is 14.7. The van der Waals surface area contributed by atoms with E-state index >= 15 is 0 Å². The molecule has 47 heavy (non-hydrogen) atoms. The maximum Gasteiger partial charge on any atom is 0.264 e. The monoisotopic (exact) mass is 655 g/mol. The van der Waals surface area contributed by atoms with Crippen LogP contribution in [-0.2, 0) is 32.6 Å². The second kappa shape index (κ2) is 15.8. The van der Waals surface area contributed by atoms with Crippen molar-refractivity contribution in [2.45, 2.75) is 71.0 Å². The number of hydrogen-bond acceptors (Lipinski definition) is 5. The number of aryl methyl sites for hydroxylation is 2. The molecule has 9 heteroatoms. The van der Waals surface area contributed by atoms with E-state index in [4.69, 9.17) is 4.74 Å². The molecule has 0 saturated carbocycles. The molecule has 0 radical (unpaired) electrons. The minimum absolute atomic E-state index is 0.0622. The van der Waals surface area contributed by atoms with Gasteiger partial charge in [-0.25, -0.2) is 8.42 Å². The lowest BCUT2D eigenvalue weighted by molar-refractivity contribution is -0.140. The molecule has 0 aliphatic rings. The van der Waals surface area contributed by atoms with Gasteiger partial charge in [-0.15, -0.1) is 0 Å². The van der Waals surface area contributed by atoms with Crippen molar-refractivity contribution < 1.29 is 22.7 Å². The van der Waals surface area contributed by atoms with Crippen molar-refractivity contribution in [1.82, 2.24) is 10.2 Å². The standard InChI is InChI=1S/C38H45N3O5S/c1-7-29(4)39-38(43)36(24-31-14-9-8-10-15-31)40(25-32-16-12-17-33(23-32)46-6)37(42)26-41(35-18-11-13-28(3)30(35)5)47(44,45)34-21-19-27(2)20-22-34/h8-23,29,36H,7,24-26H2,1-6H3,(H,39,43). The van der Waals surface area contributed by atoms with Gasteiger partial charge >= 0.3 is 0 Å². The number of benzene rings is 4. The summed E-state index contributed by atoms with van der Waals surface area (Å²) in [6.07, 6.45) is 0.954. The fourth-order valence-electron chi connectivity index (χ4n) is 5.32. The van der Waals surface area contributed by atoms with Gasteiger partial charge in [0.2, 0.25) is 11.8 Å². The normalized spacial score (nSPS) is 12.6. The van der Waals surface area contributed by atoms with Crippen molar-refractivity contribution in [2.24, 2.45) is 0 Å². The van der Waals surface area contributed by atoms with Crippen LogP contribution >= 0.6 is 0 Å². The molecule has 2 unspecified atom stereocenters. The summed E-state index contributed by atoms with van der Waals surface area (Å²) in [6.45, 7) is 9.09. The van der Waals surface area contributed by atoms with Crippen LogP contribution in [0.4, 0.5) is 5.69 Å². The van der Waals surface area contributed by atoms with Crippen LogP contribution in [0.25, 0.3) is 0 Å². The Morgan fingerprint density at radius 1 is 0.851 bits per heavy atom. The first-order chi connectivity index (χ1) is 22.4. The molecule has 2 amide bonds. The third-order valence-corrected chi connectivity index (χ3v) is 10.3. The van der Waals surface area contributed by atoms with Gasteiger partial charge in [-0.05, 0) is 86.7 Å². The van der Waals surface area contributed by atoms with Gasteiger partial charge in [0.1, 0.15) is 18.3 Å². The molecule has 0 spiro atoms. The summed E-state index contributed by atoms with van der Waals surface area (Å²) >= 11 is 0. The number of carbonyl (C=O) groups is 2. The van der Waals surface area contributed by atoms with Gasteiger partial charge in [0.05, 0.1) is 17.7 Å². The zero-order chi connectivity index (χ0) is 34.1. The van der Waals surface area contributed by atoms with Gasteiger partial charge in [0, 0.05) is 19.0 Å². The van der Waals surface area contributed by atoms with Crippen LogP contribution in [-0.4, -0.2) is 50.9 Å². The Labute approximate surface area is 279 Å². The number of hydrogen-bond donors (Lipinski definition) is 1. The molecule has 1 N–H and O–H groups in total. The predicted molar refractivity (Wildman–Crippen MR) is 187 cm³/mol. The van der Waals surface area contributed by atoms with E-state index in [9.17, 15) is 18.0 Å². The van der Waals surface area contributed by atoms with Crippen LogP contribution in [0.2, 0.25) is 0 Å². The van der Waals surface area contributed by atoms with Crippen molar-refractivity contribution >= 4 is 27.5 Å². The van der Waals surface area contributed by atoms with Gasteiger partial charge < -0.3 is 15.0 Å². The Hall–Kier alpha value is -4.63. The molecule has 2 atom stereocenters. The summed E-state index contributed by atoms with van der Waals surface area (Å²) in [7, 11) is -2.62. The lowest BCUT2D eigenvalue weighted by Crippen LogP contribution is -2.54. The van der Waals surface area contributed by atoms with Crippen LogP contribution in [0.3, 0.4) is 0 Å². The second-order valence-corrected chi connectivity index (χ2v) is 13.8. The number of ether oxygens (including phenoxy) is 1. The topological polar surface area (TPSA) is 96.0 Å². The van der Waals surface area contributed by atoms with E-state index in [1.165, 1.54) is 9.21 Å². The highest BCUT2D eigenvalue weighted by atomic mass is 32.2. The van der Waals surface area contributed by atoms with E-state index in [2.05, 4.69) is 5.32 Å². The minimum atomic E-state index is -4.18. The van der Waals surface area contributed by atoms with E-state index < -0.39 is 28.5 Å². The van der Waals surface area contributed by atoms with Gasteiger partial charge in [-0.1, -0.05) is 79.2 Å². The number of nitrogens with one attached hydrogen (secondary N) is 1. The zero-order valence-corrected chi connectivity index (χ0v) is 28.9. The van der Waals surface area contributed by atoms with Gasteiger partial charge in [-0.3, -0.25) is 13.9 Å². The van der Waals surface area contributed by atoms with Crippen molar-refractivity contribution in [2.75, 3.05) is 18.0 Å². The fraction of sp³-hybridized carbons (Fsp3) is 0.316. The van der Waals surface area contributed by atoms with E-state index in [1.807, 2.05) is 95.3 Å². The molecule has 4 aromatic carbocycles. The molecule has 248 valence electrons. The van der Waals surface area contributed by atoms with Crippen LogP contribution in [0.5, 0.6) is 5.75 Å². The third kappa shape index (κ3) is 8.80. The molecule has 4 aromatic rings. The highest BCUT2D eigenvalue weighted by molar-refractivity contribution is 7.92. The smallest absolute Gasteiger partial charge is 0.264 e. The summed E-state index contributed by atoms with van der Waals surface area (Å²) in [5.74, 6) is -0.207. The highest BCUT2D eigenvalue weighted by Crippen LogP contribution is 2.30. The number of nitrogens with zero attached hydrogens (tertiary/aromatic N) is 2. The van der Waals surface area contributed by atoms with Crippen molar-refractivity contribution in [1.29, 1.82) is 0 Å². The summed E-state index contributed by atoms with van der Waals surface area (Å²) in [5, 5.41) is 3.07. The van der Waals surface area contributed by atoms with E-state index in [0.29, 0.717) is 17.9 Å². The molecule has 0 fully saturated rings. The molecular weight excluding hydrogens is 611 g/mol. The van der Waals surface area contributed by atoms with Gasteiger partial charge in [0.15, 0.2) is 0 Å². The van der Waals surface area contributed by atoms with E-state index in [1.54, 1.807) is 43.5 Å². The van der Waals surface area contributed by atoms with Crippen molar-refractivity contribution in [3.63, 3.8) is 0 Å². The fourth-order valence-corrected chi connectivity index (χ4v) is 6.79. The highest BCUT2D eigenvalue weighted by Gasteiger charge is 2.35. The summed E-state index contributed by atoms with van der Waals surface area (Å²) in [4.78, 5) is 30.3. The van der Waals surface area contributed by atoms with E-state index in [0.717, 1.165) is 27.8 Å². The summed E-state index contributed by atoms with van der Waals surface area (Å²) < 4.78 is 35.3. The summed E-state index contributed by atoms with van der Waals surface area (Å²) in [6, 6.07) is 27.8. The first-order valence-corrected chi connectivity index (χ1v) is 17.3. The molecule has 8 nitrogen and oxygen atoms in total. The number of methoxy groups -OCH3 is 1. The Morgan fingerprint density at radius 3 is 2.17 bits per heavy atom. The maximum absolute atomic E-state index is 14.7. The molecule has 0 saturated heterocycles. The Balaban J connectivity index is 1.85. The lowest BCUT2D eigenvalue weighted by Gasteiger charge is -2.34. The molecule has 0 bridgehead atoms. The van der Waals surface area contributed by atoms with Crippen LogP contribution < -0.4 is 14.4 Å². The zero-order valence-electron chi connectivity index (χ0n) is 28.1. The first-order valence-electron chi connectivity index (χ1n) is 15.9. The van der Waals surface area contributed by atoms with E-state index in [-0.39, 0.29) is 29.8 Å². The molecule has 0 heterocycles. The second-order valence-electron chi connectivity index (χ2n) is 11.9. The Morgan fingerprint density at radius 2 is 1.51 bits per heavy atom. The van der Waals surface area contributed by atoms with Gasteiger partial charge in [-0.2, -0.15) is 0 Å². The van der Waals surface area contributed by atoms with Crippen molar-refractivity contribution in [3.8, 4) is 5.75 Å².